The van der Waals surface area contributed by atoms with Gasteiger partial charge in [-0.3, -0.25) is 0 Å². The lowest BCUT2D eigenvalue weighted by atomic mass is 10.1. The van der Waals surface area contributed by atoms with Crippen molar-refractivity contribution in [2.45, 2.75) is 39.0 Å². The molecule has 1 unspecified atom stereocenters. The Morgan fingerprint density at radius 3 is 2.32 bits per heavy atom. The third-order valence-corrected chi connectivity index (χ3v) is 3.43. The normalized spacial score (nSPS) is 12.7. The first kappa shape index (κ1) is 16.3. The molecule has 0 N–H and O–H groups in total. The molecule has 3 heteroatoms. The Balaban J connectivity index is 2.72. The number of rotatable bonds is 9. The lowest BCUT2D eigenvalue weighted by Crippen LogP contribution is -2.29. The summed E-state index contributed by atoms with van der Waals surface area (Å²) in [6.07, 6.45) is 2.33. The number of alkyl halides is 1. The van der Waals surface area contributed by atoms with Crippen molar-refractivity contribution in [2.75, 3.05) is 26.2 Å². The highest BCUT2D eigenvalue weighted by molar-refractivity contribution is 6.21. The Morgan fingerprint density at radius 1 is 1.11 bits per heavy atom. The van der Waals surface area contributed by atoms with Gasteiger partial charge < -0.3 is 9.64 Å². The van der Waals surface area contributed by atoms with Crippen LogP contribution in [0.15, 0.2) is 24.3 Å². The van der Waals surface area contributed by atoms with Crippen molar-refractivity contribution in [3.63, 3.8) is 0 Å². The number of para-hydroxylation sites is 1. The van der Waals surface area contributed by atoms with E-state index in [0.717, 1.165) is 43.8 Å². The molecule has 108 valence electrons. The molecule has 0 amide bonds. The molecule has 0 saturated heterocycles. The van der Waals surface area contributed by atoms with Crippen molar-refractivity contribution < 1.29 is 4.74 Å². The maximum atomic E-state index is 6.59. The van der Waals surface area contributed by atoms with Crippen molar-refractivity contribution in [1.82, 2.24) is 4.90 Å². The molecule has 1 rings (SSSR count). The molecule has 0 heterocycles. The maximum absolute atomic E-state index is 6.59. The Kier molecular flexibility index (Phi) is 7.92. The molecular weight excluding hydrogens is 258 g/mol. The molecule has 0 fully saturated rings. The molecule has 1 aromatic rings. The summed E-state index contributed by atoms with van der Waals surface area (Å²) in [5.41, 5.74) is 1.10. The summed E-state index contributed by atoms with van der Waals surface area (Å²) < 4.78 is 5.66. The highest BCUT2D eigenvalue weighted by atomic mass is 35.5. The van der Waals surface area contributed by atoms with Crippen LogP contribution in [0.1, 0.15) is 44.6 Å². The summed E-state index contributed by atoms with van der Waals surface area (Å²) in [4.78, 5) is 2.43. The minimum atomic E-state index is -0.0131. The van der Waals surface area contributed by atoms with Crippen molar-refractivity contribution in [3.05, 3.63) is 29.8 Å². The standard InChI is InChI=1S/C16H26ClNO/c1-4-11-18(12-5-2)13-15(17)14-9-7-8-10-16(14)19-6-3/h7-10,15H,4-6,11-13H2,1-3H3. The van der Waals surface area contributed by atoms with Gasteiger partial charge in [-0.15, -0.1) is 11.6 Å². The fraction of sp³-hybridized carbons (Fsp3) is 0.625. The Bertz CT molecular complexity index is 350. The number of ether oxygens (including phenoxy) is 1. The largest absolute Gasteiger partial charge is 0.494 e. The quantitative estimate of drug-likeness (QED) is 0.619. The number of hydrogen-bond acceptors (Lipinski definition) is 2. The number of nitrogens with zero attached hydrogens (tertiary/aromatic N) is 1. The van der Waals surface area contributed by atoms with Gasteiger partial charge in [0.2, 0.25) is 0 Å². The molecule has 19 heavy (non-hydrogen) atoms. The Labute approximate surface area is 122 Å². The predicted molar refractivity (Wildman–Crippen MR) is 83.2 cm³/mol. The molecule has 0 saturated carbocycles. The molecule has 0 radical (unpaired) electrons. The minimum Gasteiger partial charge on any atom is -0.494 e. The summed E-state index contributed by atoms with van der Waals surface area (Å²) in [6.45, 7) is 10.2. The van der Waals surface area contributed by atoms with Crippen LogP contribution in [0.2, 0.25) is 0 Å². The third-order valence-electron chi connectivity index (χ3n) is 3.05. The number of halogens is 1. The van der Waals surface area contributed by atoms with Crippen molar-refractivity contribution >= 4 is 11.6 Å². The van der Waals surface area contributed by atoms with E-state index in [1.807, 2.05) is 25.1 Å². The van der Waals surface area contributed by atoms with Gasteiger partial charge in [-0.05, 0) is 38.9 Å². The first-order valence-corrected chi connectivity index (χ1v) is 7.74. The molecule has 0 spiro atoms. The van der Waals surface area contributed by atoms with Gasteiger partial charge in [-0.2, -0.15) is 0 Å². The molecule has 1 aromatic carbocycles. The molecule has 0 aliphatic heterocycles. The van der Waals surface area contributed by atoms with Crippen LogP contribution in [0.25, 0.3) is 0 Å². The second-order valence-corrected chi connectivity index (χ2v) is 5.27. The average molecular weight is 284 g/mol. The SMILES string of the molecule is CCCN(CCC)CC(Cl)c1ccccc1OCC. The van der Waals surface area contributed by atoms with E-state index in [1.54, 1.807) is 0 Å². The molecule has 0 bridgehead atoms. The van der Waals surface area contributed by atoms with Crippen molar-refractivity contribution in [3.8, 4) is 5.75 Å². The van der Waals surface area contributed by atoms with Crippen LogP contribution in [-0.4, -0.2) is 31.1 Å². The summed E-state index contributed by atoms with van der Waals surface area (Å²) >= 11 is 6.59. The van der Waals surface area contributed by atoms with Crippen LogP contribution < -0.4 is 4.74 Å². The van der Waals surface area contributed by atoms with E-state index in [9.17, 15) is 0 Å². The molecule has 0 aliphatic rings. The lowest BCUT2D eigenvalue weighted by molar-refractivity contribution is 0.272. The van der Waals surface area contributed by atoms with Gasteiger partial charge in [-0.25, -0.2) is 0 Å². The van der Waals surface area contributed by atoms with Gasteiger partial charge in [0.15, 0.2) is 0 Å². The summed E-state index contributed by atoms with van der Waals surface area (Å²) in [5, 5.41) is -0.0131. The summed E-state index contributed by atoms with van der Waals surface area (Å²) in [6, 6.07) is 8.09. The van der Waals surface area contributed by atoms with E-state index in [2.05, 4.69) is 24.8 Å². The second kappa shape index (κ2) is 9.22. The van der Waals surface area contributed by atoms with Gasteiger partial charge in [0.05, 0.1) is 12.0 Å². The van der Waals surface area contributed by atoms with Gasteiger partial charge in [0, 0.05) is 12.1 Å². The van der Waals surface area contributed by atoms with E-state index >= 15 is 0 Å². The van der Waals surface area contributed by atoms with Gasteiger partial charge >= 0.3 is 0 Å². The van der Waals surface area contributed by atoms with Gasteiger partial charge in [-0.1, -0.05) is 32.0 Å². The fourth-order valence-electron chi connectivity index (χ4n) is 2.28. The zero-order valence-electron chi connectivity index (χ0n) is 12.4. The van der Waals surface area contributed by atoms with Crippen LogP contribution in [0.4, 0.5) is 0 Å². The molecule has 0 aliphatic carbocycles. The van der Waals surface area contributed by atoms with Crippen LogP contribution in [0.5, 0.6) is 5.75 Å². The summed E-state index contributed by atoms with van der Waals surface area (Å²) in [5.74, 6) is 0.915. The average Bonchev–Trinajstić information content (AvgIpc) is 2.40. The Morgan fingerprint density at radius 2 is 1.74 bits per heavy atom. The fourth-order valence-corrected chi connectivity index (χ4v) is 2.65. The van der Waals surface area contributed by atoms with E-state index < -0.39 is 0 Å². The van der Waals surface area contributed by atoms with Gasteiger partial charge in [0.25, 0.3) is 0 Å². The first-order chi connectivity index (χ1) is 9.22. The van der Waals surface area contributed by atoms with E-state index in [0.29, 0.717) is 6.61 Å². The minimum absolute atomic E-state index is 0.0131. The zero-order chi connectivity index (χ0) is 14.1. The monoisotopic (exact) mass is 283 g/mol. The molecule has 0 aromatic heterocycles. The molecule has 1 atom stereocenters. The van der Waals surface area contributed by atoms with Crippen LogP contribution in [0, 0.1) is 0 Å². The highest BCUT2D eigenvalue weighted by Crippen LogP contribution is 2.30. The first-order valence-electron chi connectivity index (χ1n) is 7.31. The van der Waals surface area contributed by atoms with Crippen LogP contribution in [-0.2, 0) is 0 Å². The zero-order valence-corrected chi connectivity index (χ0v) is 13.1. The van der Waals surface area contributed by atoms with Crippen molar-refractivity contribution in [2.24, 2.45) is 0 Å². The van der Waals surface area contributed by atoms with E-state index in [4.69, 9.17) is 16.3 Å². The highest BCUT2D eigenvalue weighted by Gasteiger charge is 2.16. The maximum Gasteiger partial charge on any atom is 0.124 e. The topological polar surface area (TPSA) is 12.5 Å². The van der Waals surface area contributed by atoms with Gasteiger partial charge in [0.1, 0.15) is 5.75 Å². The third kappa shape index (κ3) is 5.42. The summed E-state index contributed by atoms with van der Waals surface area (Å²) in [7, 11) is 0. The number of hydrogen-bond donors (Lipinski definition) is 0. The van der Waals surface area contributed by atoms with E-state index in [1.165, 1.54) is 0 Å². The smallest absolute Gasteiger partial charge is 0.124 e. The predicted octanol–water partition coefficient (Wildman–Crippen LogP) is 4.49. The second-order valence-electron chi connectivity index (χ2n) is 4.74. The van der Waals surface area contributed by atoms with Crippen LogP contribution in [0.3, 0.4) is 0 Å². The molecular formula is C16H26ClNO. The Hall–Kier alpha value is -0.730. The molecule has 2 nitrogen and oxygen atoms in total. The lowest BCUT2D eigenvalue weighted by Gasteiger charge is -2.24. The van der Waals surface area contributed by atoms with Crippen molar-refractivity contribution in [1.29, 1.82) is 0 Å². The van der Waals surface area contributed by atoms with Crippen LogP contribution >= 0.6 is 11.6 Å². The van der Waals surface area contributed by atoms with E-state index in [-0.39, 0.29) is 5.38 Å². The number of benzene rings is 1.